The van der Waals surface area contributed by atoms with Crippen LogP contribution in [0.15, 0.2) is 59.7 Å². The van der Waals surface area contributed by atoms with Crippen molar-refractivity contribution < 1.29 is 33.3 Å². The molecule has 1 N–H and O–H groups in total. The summed E-state index contributed by atoms with van der Waals surface area (Å²) in [4.78, 5) is 25.0. The standard InChI is InChI=1S/C27H28N2O7/c1-17-9-8-12-21(18(17)2)35-16-25(30)29-28-15-19-10-6-7-11-22(19)36-27(31)20-13-23(32-3)26(34-5)24(14-20)33-4/h6-15H,16H2,1-5H3,(H,29,30). The van der Waals surface area contributed by atoms with Crippen molar-refractivity contribution in [2.24, 2.45) is 5.10 Å². The van der Waals surface area contributed by atoms with E-state index in [9.17, 15) is 9.59 Å². The lowest BCUT2D eigenvalue weighted by Gasteiger charge is -2.14. The molecule has 0 bridgehead atoms. The minimum absolute atomic E-state index is 0.195. The Morgan fingerprint density at radius 1 is 0.861 bits per heavy atom. The van der Waals surface area contributed by atoms with Gasteiger partial charge in [-0.2, -0.15) is 5.10 Å². The van der Waals surface area contributed by atoms with Crippen LogP contribution in [0.4, 0.5) is 0 Å². The van der Waals surface area contributed by atoms with Gasteiger partial charge in [-0.15, -0.1) is 0 Å². The summed E-state index contributed by atoms with van der Waals surface area (Å²) in [6.07, 6.45) is 1.38. The molecule has 3 rings (SSSR count). The maximum Gasteiger partial charge on any atom is 0.343 e. The number of ether oxygens (including phenoxy) is 5. The number of esters is 1. The number of methoxy groups -OCH3 is 3. The van der Waals surface area contributed by atoms with E-state index in [1.54, 1.807) is 30.3 Å². The van der Waals surface area contributed by atoms with Crippen molar-refractivity contribution in [3.63, 3.8) is 0 Å². The maximum atomic E-state index is 12.9. The number of nitrogens with one attached hydrogen (secondary N) is 1. The van der Waals surface area contributed by atoms with Crippen molar-refractivity contribution >= 4 is 18.1 Å². The van der Waals surface area contributed by atoms with Crippen LogP contribution in [-0.4, -0.2) is 46.0 Å². The van der Waals surface area contributed by atoms with Crippen molar-refractivity contribution in [3.8, 4) is 28.7 Å². The topological polar surface area (TPSA) is 105 Å². The van der Waals surface area contributed by atoms with Gasteiger partial charge < -0.3 is 23.7 Å². The summed E-state index contributed by atoms with van der Waals surface area (Å²) in [5.41, 5.74) is 5.13. The van der Waals surface area contributed by atoms with Crippen LogP contribution in [0, 0.1) is 13.8 Å². The number of hydrogen-bond acceptors (Lipinski definition) is 8. The number of nitrogens with zero attached hydrogens (tertiary/aromatic N) is 1. The number of benzene rings is 3. The molecule has 0 saturated carbocycles. The van der Waals surface area contributed by atoms with Crippen LogP contribution in [0.5, 0.6) is 28.7 Å². The summed E-state index contributed by atoms with van der Waals surface area (Å²) in [5.74, 6) is 0.828. The van der Waals surface area contributed by atoms with Gasteiger partial charge in [0.25, 0.3) is 5.91 Å². The highest BCUT2D eigenvalue weighted by Crippen LogP contribution is 2.38. The average molecular weight is 493 g/mol. The highest BCUT2D eigenvalue weighted by molar-refractivity contribution is 5.94. The third kappa shape index (κ3) is 6.32. The Hall–Kier alpha value is -4.53. The quantitative estimate of drug-likeness (QED) is 0.197. The fourth-order valence-corrected chi connectivity index (χ4v) is 3.27. The van der Waals surface area contributed by atoms with Crippen LogP contribution in [0.1, 0.15) is 27.0 Å². The van der Waals surface area contributed by atoms with E-state index in [4.69, 9.17) is 23.7 Å². The van der Waals surface area contributed by atoms with Gasteiger partial charge >= 0.3 is 5.97 Å². The fraction of sp³-hybridized carbons (Fsp3) is 0.222. The smallest absolute Gasteiger partial charge is 0.343 e. The second-order valence-corrected chi connectivity index (χ2v) is 7.62. The number of para-hydroxylation sites is 1. The first-order valence-corrected chi connectivity index (χ1v) is 11.0. The summed E-state index contributed by atoms with van der Waals surface area (Å²) in [6, 6.07) is 15.4. The predicted octanol–water partition coefficient (Wildman–Crippen LogP) is 4.08. The lowest BCUT2D eigenvalue weighted by atomic mass is 10.1. The van der Waals surface area contributed by atoms with Gasteiger partial charge in [-0.25, -0.2) is 10.2 Å². The molecule has 188 valence electrons. The van der Waals surface area contributed by atoms with Crippen LogP contribution >= 0.6 is 0 Å². The summed E-state index contributed by atoms with van der Waals surface area (Å²) in [7, 11) is 4.39. The molecule has 0 aliphatic carbocycles. The monoisotopic (exact) mass is 492 g/mol. The molecule has 0 spiro atoms. The Kier molecular flexibility index (Phi) is 8.88. The Bertz CT molecular complexity index is 1250. The van der Waals surface area contributed by atoms with E-state index in [-0.39, 0.29) is 17.9 Å². The Labute approximate surface area is 209 Å². The molecule has 0 atom stereocenters. The molecule has 0 unspecified atom stereocenters. The highest BCUT2D eigenvalue weighted by Gasteiger charge is 2.19. The molecule has 0 fully saturated rings. The van der Waals surface area contributed by atoms with Gasteiger partial charge in [-0.1, -0.05) is 24.3 Å². The number of hydrazone groups is 1. The lowest BCUT2D eigenvalue weighted by molar-refractivity contribution is -0.123. The minimum Gasteiger partial charge on any atom is -0.493 e. The van der Waals surface area contributed by atoms with E-state index in [0.29, 0.717) is 28.6 Å². The molecule has 0 saturated heterocycles. The van der Waals surface area contributed by atoms with E-state index < -0.39 is 11.9 Å². The molecule has 3 aromatic carbocycles. The van der Waals surface area contributed by atoms with Crippen LogP contribution in [0.2, 0.25) is 0 Å². The van der Waals surface area contributed by atoms with E-state index in [2.05, 4.69) is 10.5 Å². The number of hydrogen-bond donors (Lipinski definition) is 1. The van der Waals surface area contributed by atoms with Crippen LogP contribution in [0.25, 0.3) is 0 Å². The Morgan fingerprint density at radius 3 is 2.19 bits per heavy atom. The van der Waals surface area contributed by atoms with Crippen molar-refractivity contribution in [1.29, 1.82) is 0 Å². The Morgan fingerprint density at radius 2 is 1.53 bits per heavy atom. The third-order valence-corrected chi connectivity index (χ3v) is 5.33. The summed E-state index contributed by atoms with van der Waals surface area (Å²) >= 11 is 0. The maximum absolute atomic E-state index is 12.9. The number of carbonyl (C=O) groups is 2. The van der Waals surface area contributed by atoms with E-state index in [0.717, 1.165) is 11.1 Å². The van der Waals surface area contributed by atoms with Crippen molar-refractivity contribution in [2.75, 3.05) is 27.9 Å². The largest absolute Gasteiger partial charge is 0.493 e. The molecule has 0 aliphatic rings. The SMILES string of the molecule is COc1cc(C(=O)Oc2ccccc2C=NNC(=O)COc2cccc(C)c2C)cc(OC)c1OC. The zero-order valence-electron chi connectivity index (χ0n) is 20.8. The van der Waals surface area contributed by atoms with Crippen LogP contribution in [0.3, 0.4) is 0 Å². The highest BCUT2D eigenvalue weighted by atomic mass is 16.5. The van der Waals surface area contributed by atoms with E-state index >= 15 is 0 Å². The van der Waals surface area contributed by atoms with Gasteiger partial charge in [0.05, 0.1) is 33.1 Å². The van der Waals surface area contributed by atoms with Gasteiger partial charge in [0.1, 0.15) is 11.5 Å². The second kappa shape index (κ2) is 12.3. The molecule has 9 nitrogen and oxygen atoms in total. The van der Waals surface area contributed by atoms with Crippen molar-refractivity contribution in [3.05, 3.63) is 76.9 Å². The van der Waals surface area contributed by atoms with Crippen LogP contribution in [-0.2, 0) is 4.79 Å². The lowest BCUT2D eigenvalue weighted by Crippen LogP contribution is -2.24. The summed E-state index contributed by atoms with van der Waals surface area (Å²) in [6.45, 7) is 3.70. The van der Waals surface area contributed by atoms with E-state index in [1.165, 1.54) is 39.7 Å². The molecule has 9 heteroatoms. The van der Waals surface area contributed by atoms with E-state index in [1.807, 2.05) is 26.0 Å². The third-order valence-electron chi connectivity index (χ3n) is 5.33. The van der Waals surface area contributed by atoms with Gasteiger partial charge in [0, 0.05) is 5.56 Å². The molecule has 3 aromatic rings. The second-order valence-electron chi connectivity index (χ2n) is 7.62. The van der Waals surface area contributed by atoms with Gasteiger partial charge in [-0.05, 0) is 55.3 Å². The molecule has 0 radical (unpaired) electrons. The van der Waals surface area contributed by atoms with Gasteiger partial charge in [-0.3, -0.25) is 4.79 Å². The van der Waals surface area contributed by atoms with Crippen molar-refractivity contribution in [1.82, 2.24) is 5.43 Å². The molecule has 36 heavy (non-hydrogen) atoms. The van der Waals surface area contributed by atoms with Gasteiger partial charge in [0.2, 0.25) is 5.75 Å². The predicted molar refractivity (Wildman–Crippen MR) is 135 cm³/mol. The molecule has 0 aromatic heterocycles. The molecule has 0 aliphatic heterocycles. The number of aryl methyl sites for hydroxylation is 1. The zero-order valence-corrected chi connectivity index (χ0v) is 20.8. The first kappa shape index (κ1) is 26.1. The number of rotatable bonds is 10. The number of amides is 1. The Balaban J connectivity index is 1.67. The van der Waals surface area contributed by atoms with Crippen LogP contribution < -0.4 is 29.1 Å². The first-order chi connectivity index (χ1) is 17.4. The van der Waals surface area contributed by atoms with Gasteiger partial charge in [0.15, 0.2) is 18.1 Å². The summed E-state index contributed by atoms with van der Waals surface area (Å²) in [5, 5.41) is 3.96. The molecular weight excluding hydrogens is 464 g/mol. The zero-order chi connectivity index (χ0) is 26.1. The fourth-order valence-electron chi connectivity index (χ4n) is 3.27. The normalized spacial score (nSPS) is 10.6. The molecular formula is C27H28N2O7. The average Bonchev–Trinajstić information content (AvgIpc) is 2.89. The first-order valence-electron chi connectivity index (χ1n) is 11.0. The minimum atomic E-state index is -0.638. The number of carbonyl (C=O) groups excluding carboxylic acids is 2. The van der Waals surface area contributed by atoms with Crippen molar-refractivity contribution in [2.45, 2.75) is 13.8 Å². The molecule has 1 amide bonds. The molecule has 0 heterocycles. The summed E-state index contributed by atoms with van der Waals surface area (Å²) < 4.78 is 27.0.